The first-order chi connectivity index (χ1) is 16.4. The number of nitrogens with zero attached hydrogens (tertiary/aromatic N) is 2. The summed E-state index contributed by atoms with van der Waals surface area (Å²) in [5.41, 5.74) is 5.15. The normalized spacial score (nSPS) is 13.6. The number of amides is 2. The number of imide groups is 1. The predicted octanol–water partition coefficient (Wildman–Crippen LogP) is 5.51. The van der Waals surface area contributed by atoms with E-state index in [1.807, 2.05) is 98.6 Å². The Hall–Kier alpha value is -3.86. The highest BCUT2D eigenvalue weighted by Gasteiger charge is 2.42. The average Bonchev–Trinajstić information content (AvgIpc) is 3.09. The van der Waals surface area contributed by atoms with Crippen LogP contribution in [-0.2, 0) is 16.1 Å². The van der Waals surface area contributed by atoms with E-state index in [1.165, 1.54) is 4.90 Å². The number of aryl methyl sites for hydroxylation is 2. The standard InChI is InChI=1S/C29H30N2O3/c1-5-17-34-24-14-12-23(13-15-24)26-27(30(4)19-22-9-7-6-8-10-22)29(33)31(28(26)32)25-16-11-20(2)18-21(25)3/h6-16,18H,5,17,19H2,1-4H3. The van der Waals surface area contributed by atoms with Gasteiger partial charge >= 0.3 is 0 Å². The van der Waals surface area contributed by atoms with Crippen LogP contribution in [0.15, 0.2) is 78.5 Å². The molecule has 0 fully saturated rings. The van der Waals surface area contributed by atoms with Crippen molar-refractivity contribution in [1.29, 1.82) is 0 Å². The highest BCUT2D eigenvalue weighted by molar-refractivity contribution is 6.45. The predicted molar refractivity (Wildman–Crippen MR) is 135 cm³/mol. The first kappa shape index (κ1) is 23.3. The molecular weight excluding hydrogens is 424 g/mol. The number of anilines is 1. The molecule has 0 saturated carbocycles. The van der Waals surface area contributed by atoms with Crippen LogP contribution in [0.2, 0.25) is 0 Å². The number of carbonyl (C=O) groups excluding carboxylic acids is 2. The zero-order chi connectivity index (χ0) is 24.2. The number of hydrogen-bond acceptors (Lipinski definition) is 4. The Labute approximate surface area is 201 Å². The van der Waals surface area contributed by atoms with Crippen LogP contribution in [0.1, 0.15) is 35.6 Å². The van der Waals surface area contributed by atoms with E-state index in [9.17, 15) is 9.59 Å². The average molecular weight is 455 g/mol. The summed E-state index contributed by atoms with van der Waals surface area (Å²) in [6.07, 6.45) is 0.916. The topological polar surface area (TPSA) is 49.9 Å². The Morgan fingerprint density at radius 3 is 2.24 bits per heavy atom. The summed E-state index contributed by atoms with van der Waals surface area (Å²) in [4.78, 5) is 30.7. The molecule has 2 amide bonds. The van der Waals surface area contributed by atoms with E-state index in [-0.39, 0.29) is 11.8 Å². The van der Waals surface area contributed by atoms with Gasteiger partial charge in [0.1, 0.15) is 11.4 Å². The molecule has 3 aromatic carbocycles. The lowest BCUT2D eigenvalue weighted by Crippen LogP contribution is -2.34. The Morgan fingerprint density at radius 1 is 0.882 bits per heavy atom. The van der Waals surface area contributed by atoms with Gasteiger partial charge in [-0.25, -0.2) is 4.90 Å². The van der Waals surface area contributed by atoms with Crippen molar-refractivity contribution in [2.45, 2.75) is 33.7 Å². The van der Waals surface area contributed by atoms with Crippen LogP contribution < -0.4 is 9.64 Å². The molecule has 0 aromatic heterocycles. The molecule has 5 nitrogen and oxygen atoms in total. The fourth-order valence-corrected chi connectivity index (χ4v) is 4.28. The van der Waals surface area contributed by atoms with Gasteiger partial charge in [0, 0.05) is 13.6 Å². The van der Waals surface area contributed by atoms with Gasteiger partial charge in [0.2, 0.25) is 0 Å². The molecule has 1 aliphatic heterocycles. The second-order valence-corrected chi connectivity index (χ2v) is 8.67. The molecule has 34 heavy (non-hydrogen) atoms. The van der Waals surface area contributed by atoms with Crippen molar-refractivity contribution >= 4 is 23.1 Å². The minimum Gasteiger partial charge on any atom is -0.494 e. The summed E-state index contributed by atoms with van der Waals surface area (Å²) in [6, 6.07) is 23.1. The lowest BCUT2D eigenvalue weighted by Gasteiger charge is -2.22. The molecule has 0 unspecified atom stereocenters. The maximum atomic E-state index is 13.8. The smallest absolute Gasteiger partial charge is 0.282 e. The van der Waals surface area contributed by atoms with Gasteiger partial charge in [-0.2, -0.15) is 0 Å². The molecule has 4 rings (SSSR count). The molecule has 5 heteroatoms. The van der Waals surface area contributed by atoms with Gasteiger partial charge in [-0.15, -0.1) is 0 Å². The molecule has 0 atom stereocenters. The summed E-state index contributed by atoms with van der Waals surface area (Å²) in [5, 5.41) is 0. The summed E-state index contributed by atoms with van der Waals surface area (Å²) < 4.78 is 5.70. The quantitative estimate of drug-likeness (QED) is 0.421. The zero-order valence-electron chi connectivity index (χ0n) is 20.2. The van der Waals surface area contributed by atoms with Gasteiger partial charge in [-0.1, -0.05) is 67.1 Å². The fraction of sp³-hybridized carbons (Fsp3) is 0.241. The van der Waals surface area contributed by atoms with Gasteiger partial charge in [-0.3, -0.25) is 9.59 Å². The SMILES string of the molecule is CCCOc1ccc(C2=C(N(C)Cc3ccccc3)C(=O)N(c3ccc(C)cc3C)C2=O)cc1. The van der Waals surface area contributed by atoms with Crippen LogP contribution in [0, 0.1) is 13.8 Å². The van der Waals surface area contributed by atoms with Crippen LogP contribution in [0.25, 0.3) is 5.57 Å². The number of ether oxygens (including phenoxy) is 1. The van der Waals surface area contributed by atoms with E-state index in [1.54, 1.807) is 0 Å². The van der Waals surface area contributed by atoms with Gasteiger partial charge in [0.25, 0.3) is 11.8 Å². The number of rotatable bonds is 8. The number of carbonyl (C=O) groups is 2. The van der Waals surface area contributed by atoms with Crippen LogP contribution in [0.4, 0.5) is 5.69 Å². The zero-order valence-corrected chi connectivity index (χ0v) is 20.2. The van der Waals surface area contributed by atoms with Crippen molar-refractivity contribution in [3.05, 3.63) is 101 Å². The van der Waals surface area contributed by atoms with Crippen molar-refractivity contribution in [2.24, 2.45) is 0 Å². The first-order valence-electron chi connectivity index (χ1n) is 11.6. The van der Waals surface area contributed by atoms with Crippen molar-refractivity contribution in [2.75, 3.05) is 18.6 Å². The van der Waals surface area contributed by atoms with Crippen molar-refractivity contribution in [3.8, 4) is 5.75 Å². The largest absolute Gasteiger partial charge is 0.494 e. The van der Waals surface area contributed by atoms with Crippen molar-refractivity contribution < 1.29 is 14.3 Å². The van der Waals surface area contributed by atoms with Gasteiger partial charge in [0.15, 0.2) is 0 Å². The third-order valence-electron chi connectivity index (χ3n) is 5.91. The van der Waals surface area contributed by atoms with E-state index < -0.39 is 0 Å². The molecule has 0 radical (unpaired) electrons. The molecule has 0 N–H and O–H groups in total. The Morgan fingerprint density at radius 2 is 1.59 bits per heavy atom. The maximum Gasteiger partial charge on any atom is 0.282 e. The summed E-state index contributed by atoms with van der Waals surface area (Å²) in [5.74, 6) is 0.124. The third-order valence-corrected chi connectivity index (χ3v) is 5.91. The second kappa shape index (κ2) is 9.96. The lowest BCUT2D eigenvalue weighted by atomic mass is 10.0. The molecule has 0 bridgehead atoms. The molecule has 174 valence electrons. The Kier molecular flexibility index (Phi) is 6.82. The Bertz CT molecular complexity index is 1230. The minimum absolute atomic E-state index is 0.309. The Balaban J connectivity index is 1.77. The van der Waals surface area contributed by atoms with Crippen molar-refractivity contribution in [3.63, 3.8) is 0 Å². The summed E-state index contributed by atoms with van der Waals surface area (Å²) >= 11 is 0. The molecule has 1 aliphatic rings. The van der Waals surface area contributed by atoms with Gasteiger partial charge in [0.05, 0.1) is 17.9 Å². The molecule has 0 saturated heterocycles. The first-order valence-corrected chi connectivity index (χ1v) is 11.6. The van der Waals surface area contributed by atoms with Crippen molar-refractivity contribution in [1.82, 2.24) is 4.90 Å². The number of benzene rings is 3. The molecule has 0 spiro atoms. The van der Waals surface area contributed by atoms with Crippen LogP contribution in [0.3, 0.4) is 0 Å². The fourth-order valence-electron chi connectivity index (χ4n) is 4.28. The highest BCUT2D eigenvalue weighted by Crippen LogP contribution is 2.36. The monoisotopic (exact) mass is 454 g/mol. The van der Waals surface area contributed by atoms with E-state index in [4.69, 9.17) is 4.74 Å². The number of likely N-dealkylation sites (N-methyl/N-ethyl adjacent to an activating group) is 1. The van der Waals surface area contributed by atoms with Crippen LogP contribution in [0.5, 0.6) is 5.75 Å². The van der Waals surface area contributed by atoms with E-state index in [0.29, 0.717) is 35.7 Å². The minimum atomic E-state index is -0.311. The highest BCUT2D eigenvalue weighted by atomic mass is 16.5. The molecular formula is C29H30N2O3. The third kappa shape index (κ3) is 4.60. The maximum absolute atomic E-state index is 13.8. The van der Waals surface area contributed by atoms with Crippen LogP contribution in [-0.4, -0.2) is 30.4 Å². The molecule has 1 heterocycles. The molecule has 0 aliphatic carbocycles. The van der Waals surface area contributed by atoms with Gasteiger partial charge < -0.3 is 9.64 Å². The second-order valence-electron chi connectivity index (χ2n) is 8.67. The summed E-state index contributed by atoms with van der Waals surface area (Å²) in [7, 11) is 1.86. The van der Waals surface area contributed by atoms with Crippen LogP contribution >= 0.6 is 0 Å². The summed E-state index contributed by atoms with van der Waals surface area (Å²) in [6.45, 7) is 7.12. The van der Waals surface area contributed by atoms with E-state index in [2.05, 4.69) is 6.92 Å². The van der Waals surface area contributed by atoms with E-state index in [0.717, 1.165) is 28.9 Å². The van der Waals surface area contributed by atoms with E-state index >= 15 is 0 Å². The van der Waals surface area contributed by atoms with Gasteiger partial charge in [-0.05, 0) is 55.2 Å². The number of hydrogen-bond donors (Lipinski definition) is 0. The molecule has 3 aromatic rings. The lowest BCUT2D eigenvalue weighted by molar-refractivity contribution is -0.120.